The molecule has 1 aromatic carbocycles. The largest absolute Gasteiger partial charge is 0.419 e. The number of anilines is 2. The van der Waals surface area contributed by atoms with E-state index in [1.807, 2.05) is 4.90 Å². The van der Waals surface area contributed by atoms with Crippen molar-refractivity contribution in [2.45, 2.75) is 25.9 Å². The molecule has 3 rings (SSSR count). The summed E-state index contributed by atoms with van der Waals surface area (Å²) in [7, 11) is 0. The van der Waals surface area contributed by atoms with Gasteiger partial charge in [-0.05, 0) is 31.9 Å². The predicted molar refractivity (Wildman–Crippen MR) is 99.4 cm³/mol. The van der Waals surface area contributed by atoms with Crippen LogP contribution in [0.15, 0.2) is 36.5 Å². The fourth-order valence-corrected chi connectivity index (χ4v) is 3.36. The lowest BCUT2D eigenvalue weighted by atomic mass is 9.95. The molecule has 1 fully saturated rings. The summed E-state index contributed by atoms with van der Waals surface area (Å²) in [5, 5.41) is 13.8. The van der Waals surface area contributed by atoms with E-state index in [2.05, 4.69) is 10.3 Å². The third-order valence-corrected chi connectivity index (χ3v) is 5.09. The minimum atomic E-state index is -4.40. The molecule has 2 N–H and O–H groups in total. The number of pyridine rings is 1. The van der Waals surface area contributed by atoms with Crippen LogP contribution in [0.3, 0.4) is 0 Å². The minimum absolute atomic E-state index is 0.0598. The van der Waals surface area contributed by atoms with Crippen molar-refractivity contribution in [3.63, 3.8) is 0 Å². The topological polar surface area (TPSA) is 89.6 Å². The van der Waals surface area contributed by atoms with Gasteiger partial charge in [-0.3, -0.25) is 19.8 Å². The van der Waals surface area contributed by atoms with Gasteiger partial charge in [0.1, 0.15) is 6.20 Å². The highest BCUT2D eigenvalue weighted by atomic mass is 19.4. The van der Waals surface area contributed by atoms with Gasteiger partial charge in [0.2, 0.25) is 5.91 Å². The molecule has 0 aliphatic carbocycles. The molecule has 7 nitrogen and oxygen atoms in total. The van der Waals surface area contributed by atoms with Crippen LogP contribution in [0, 0.1) is 23.0 Å². The molecule has 154 valence electrons. The number of amides is 1. The number of nitrogens with zero attached hydrogens (tertiary/aromatic N) is 2. The number of nitro groups is 1. The Balaban J connectivity index is 1.60. The summed E-state index contributed by atoms with van der Waals surface area (Å²) in [5.41, 5.74) is -0.0105. The average Bonchev–Trinajstić information content (AvgIpc) is 2.69. The lowest BCUT2D eigenvalue weighted by molar-refractivity contribution is -0.385. The Hall–Kier alpha value is -3.17. The van der Waals surface area contributed by atoms with Crippen LogP contribution in [-0.2, 0) is 11.0 Å². The van der Waals surface area contributed by atoms with Gasteiger partial charge in [0.25, 0.3) is 11.5 Å². The minimum Gasteiger partial charge on any atom is -0.325 e. The molecule has 0 bridgehead atoms. The highest BCUT2D eigenvalue weighted by Gasteiger charge is 2.33. The summed E-state index contributed by atoms with van der Waals surface area (Å²) in [6.45, 7) is 2.60. The normalized spacial score (nSPS) is 15.2. The van der Waals surface area contributed by atoms with E-state index in [0.717, 1.165) is 12.3 Å². The molecule has 29 heavy (non-hydrogen) atoms. The quantitative estimate of drug-likeness (QED) is 0.617. The van der Waals surface area contributed by atoms with Gasteiger partial charge in [-0.15, -0.1) is 0 Å². The third-order valence-electron chi connectivity index (χ3n) is 5.09. The molecule has 0 radical (unpaired) electrons. The molecular weight excluding hydrogens is 389 g/mol. The SMILES string of the molecule is Cc1c(NC(=O)C2CCN(c3ccc(C(F)(F)F)c[nH+]3)CC2)cccc1[N+](=O)[O-]. The van der Waals surface area contributed by atoms with Crippen molar-refractivity contribution < 1.29 is 27.9 Å². The zero-order chi connectivity index (χ0) is 21.2. The summed E-state index contributed by atoms with van der Waals surface area (Å²) in [6, 6.07) is 6.92. The Morgan fingerprint density at radius 2 is 1.93 bits per heavy atom. The summed E-state index contributed by atoms with van der Waals surface area (Å²) >= 11 is 0. The maximum absolute atomic E-state index is 12.7. The number of benzene rings is 1. The van der Waals surface area contributed by atoms with Gasteiger partial charge in [0, 0.05) is 18.1 Å². The van der Waals surface area contributed by atoms with Gasteiger partial charge in [0.05, 0.1) is 34.8 Å². The van der Waals surface area contributed by atoms with E-state index in [4.69, 9.17) is 0 Å². The number of carbonyl (C=O) groups excluding carboxylic acids is 1. The summed E-state index contributed by atoms with van der Waals surface area (Å²) in [4.78, 5) is 27.7. The standard InChI is InChI=1S/C19H19F3N4O3/c1-12-15(3-2-4-16(12)26(28)29)24-18(27)13-7-9-25(10-8-13)17-6-5-14(11-23-17)19(20,21)22/h2-6,11,13H,7-10H2,1H3,(H,24,27)/p+1. The Bertz CT molecular complexity index is 908. The average molecular weight is 409 g/mol. The second-order valence-corrected chi connectivity index (χ2v) is 6.92. The van der Waals surface area contributed by atoms with Crippen LogP contribution in [0.5, 0.6) is 0 Å². The Morgan fingerprint density at radius 3 is 2.48 bits per heavy atom. The van der Waals surface area contributed by atoms with Gasteiger partial charge >= 0.3 is 6.18 Å². The van der Waals surface area contributed by atoms with E-state index in [1.54, 1.807) is 13.0 Å². The van der Waals surface area contributed by atoms with Crippen molar-refractivity contribution >= 4 is 23.1 Å². The third kappa shape index (κ3) is 4.64. The highest BCUT2D eigenvalue weighted by molar-refractivity contribution is 5.94. The summed E-state index contributed by atoms with van der Waals surface area (Å²) < 4.78 is 38.0. The predicted octanol–water partition coefficient (Wildman–Crippen LogP) is 3.59. The molecule has 2 aromatic rings. The van der Waals surface area contributed by atoms with E-state index >= 15 is 0 Å². The van der Waals surface area contributed by atoms with E-state index < -0.39 is 16.7 Å². The Labute approximate surface area is 164 Å². The van der Waals surface area contributed by atoms with Crippen LogP contribution in [0.4, 0.5) is 30.4 Å². The fraction of sp³-hybridized carbons (Fsp3) is 0.368. The van der Waals surface area contributed by atoms with Crippen molar-refractivity contribution in [1.82, 2.24) is 0 Å². The number of H-pyrrole nitrogens is 1. The maximum Gasteiger partial charge on any atom is 0.419 e. The molecule has 0 spiro atoms. The monoisotopic (exact) mass is 409 g/mol. The van der Waals surface area contributed by atoms with E-state index in [1.165, 1.54) is 18.2 Å². The molecule has 0 unspecified atom stereocenters. The van der Waals surface area contributed by atoms with Crippen LogP contribution in [0.1, 0.15) is 24.0 Å². The van der Waals surface area contributed by atoms with Crippen LogP contribution in [0.2, 0.25) is 0 Å². The second-order valence-electron chi connectivity index (χ2n) is 6.92. The second kappa shape index (κ2) is 8.06. The molecule has 2 heterocycles. The first-order chi connectivity index (χ1) is 13.7. The van der Waals surface area contributed by atoms with Crippen LogP contribution < -0.4 is 15.2 Å². The fourth-order valence-electron chi connectivity index (χ4n) is 3.36. The van der Waals surface area contributed by atoms with Gasteiger partial charge < -0.3 is 5.32 Å². The molecule has 1 aliphatic rings. The molecule has 0 saturated carbocycles. The van der Waals surface area contributed by atoms with Gasteiger partial charge in [-0.1, -0.05) is 6.07 Å². The molecule has 1 amide bonds. The summed E-state index contributed by atoms with van der Waals surface area (Å²) in [5.74, 6) is 0.0652. The number of aromatic nitrogens is 1. The van der Waals surface area contributed by atoms with Crippen molar-refractivity contribution in [1.29, 1.82) is 0 Å². The number of nitrogens with one attached hydrogen (secondary N) is 2. The zero-order valence-electron chi connectivity index (χ0n) is 15.6. The molecular formula is C19H20F3N4O3+. The summed E-state index contributed by atoms with van der Waals surface area (Å²) in [6.07, 6.45) is -2.42. The first kappa shape index (κ1) is 20.6. The van der Waals surface area contributed by atoms with Crippen LogP contribution >= 0.6 is 0 Å². The molecule has 1 saturated heterocycles. The molecule has 1 aromatic heterocycles. The molecule has 10 heteroatoms. The molecule has 1 aliphatic heterocycles. The van der Waals surface area contributed by atoms with Crippen molar-refractivity contribution in [3.8, 4) is 0 Å². The number of hydrogen-bond acceptors (Lipinski definition) is 4. The zero-order valence-corrected chi connectivity index (χ0v) is 15.6. The van der Waals surface area contributed by atoms with Crippen LogP contribution in [0.25, 0.3) is 0 Å². The van der Waals surface area contributed by atoms with Gasteiger partial charge in [-0.2, -0.15) is 13.2 Å². The number of piperidine rings is 1. The number of alkyl halides is 3. The smallest absolute Gasteiger partial charge is 0.325 e. The highest BCUT2D eigenvalue weighted by Crippen LogP contribution is 2.30. The Morgan fingerprint density at radius 1 is 1.24 bits per heavy atom. The number of rotatable bonds is 4. The van der Waals surface area contributed by atoms with Crippen molar-refractivity contribution in [2.24, 2.45) is 5.92 Å². The first-order valence-corrected chi connectivity index (χ1v) is 9.05. The van der Waals surface area contributed by atoms with E-state index in [0.29, 0.717) is 43.0 Å². The number of hydrogen-bond donors (Lipinski definition) is 1. The number of aromatic amines is 1. The van der Waals surface area contributed by atoms with Crippen LogP contribution in [-0.4, -0.2) is 23.9 Å². The van der Waals surface area contributed by atoms with E-state index in [9.17, 15) is 28.1 Å². The van der Waals surface area contributed by atoms with Gasteiger partial charge in [-0.25, -0.2) is 4.98 Å². The van der Waals surface area contributed by atoms with Crippen molar-refractivity contribution in [3.05, 3.63) is 57.8 Å². The van der Waals surface area contributed by atoms with Gasteiger partial charge in [0.15, 0.2) is 0 Å². The Kier molecular flexibility index (Phi) is 5.71. The van der Waals surface area contributed by atoms with Crippen molar-refractivity contribution in [2.75, 3.05) is 23.3 Å². The molecule has 0 atom stereocenters. The number of halogens is 3. The number of nitro benzene ring substituents is 1. The first-order valence-electron chi connectivity index (χ1n) is 9.05. The van der Waals surface area contributed by atoms with E-state index in [-0.39, 0.29) is 17.5 Å². The maximum atomic E-state index is 12.7. The lowest BCUT2D eigenvalue weighted by Crippen LogP contribution is -2.40. The lowest BCUT2D eigenvalue weighted by Gasteiger charge is -2.27. The number of carbonyl (C=O) groups is 1.